The van der Waals surface area contributed by atoms with Gasteiger partial charge in [-0.15, -0.1) is 0 Å². The fourth-order valence-corrected chi connectivity index (χ4v) is 4.39. The summed E-state index contributed by atoms with van der Waals surface area (Å²) < 4.78 is 52.8. The standard InChI is InChI=1S/C23H27F3N4O2/c1-14-8-19(31-3)20(32-4)10-17(14)13-29-7-5-6-16(12-29)18-11-21(23(24,25)26)30-22(27-18)9-15(2)28-30/h8-11,16H,5-7,12-13H2,1-4H3/t16-/m1/s1. The molecule has 0 spiro atoms. The molecule has 1 saturated heterocycles. The molecule has 3 heterocycles. The van der Waals surface area contributed by atoms with Crippen LogP contribution in [0.5, 0.6) is 11.5 Å². The Balaban J connectivity index is 1.61. The molecule has 0 unspecified atom stereocenters. The summed E-state index contributed by atoms with van der Waals surface area (Å²) in [6, 6.07) is 6.67. The molecule has 3 aromatic rings. The van der Waals surface area contributed by atoms with Gasteiger partial charge in [0, 0.05) is 30.8 Å². The van der Waals surface area contributed by atoms with Crippen LogP contribution in [0.3, 0.4) is 0 Å². The van der Waals surface area contributed by atoms with Crippen molar-refractivity contribution < 1.29 is 22.6 Å². The molecule has 0 N–H and O–H groups in total. The SMILES string of the molecule is COc1cc(C)c(CN2CCC[C@@H](c3cc(C(F)(F)F)n4nc(C)cc4n3)C2)cc1OC. The van der Waals surface area contributed by atoms with E-state index in [-0.39, 0.29) is 11.6 Å². The molecule has 6 nitrogen and oxygen atoms in total. The lowest BCUT2D eigenvalue weighted by atomic mass is 9.93. The van der Waals surface area contributed by atoms with E-state index in [9.17, 15) is 13.2 Å². The highest BCUT2D eigenvalue weighted by Gasteiger charge is 2.36. The van der Waals surface area contributed by atoms with Gasteiger partial charge < -0.3 is 9.47 Å². The fraction of sp³-hybridized carbons (Fsp3) is 0.478. The van der Waals surface area contributed by atoms with Crippen molar-refractivity contribution in [2.45, 2.75) is 45.3 Å². The van der Waals surface area contributed by atoms with E-state index in [0.29, 0.717) is 36.0 Å². The zero-order valence-corrected chi connectivity index (χ0v) is 18.7. The molecule has 0 radical (unpaired) electrons. The second kappa shape index (κ2) is 8.61. The Morgan fingerprint density at radius 2 is 1.78 bits per heavy atom. The van der Waals surface area contributed by atoms with Crippen LogP contribution in [0.25, 0.3) is 5.65 Å². The normalized spacial score (nSPS) is 17.7. The molecule has 0 aliphatic carbocycles. The van der Waals surface area contributed by atoms with Crippen LogP contribution in [0.4, 0.5) is 13.2 Å². The van der Waals surface area contributed by atoms with E-state index >= 15 is 0 Å². The van der Waals surface area contributed by atoms with Crippen molar-refractivity contribution in [3.8, 4) is 11.5 Å². The Morgan fingerprint density at radius 3 is 2.47 bits per heavy atom. The first kappa shape index (κ1) is 22.4. The number of aryl methyl sites for hydroxylation is 2. The lowest BCUT2D eigenvalue weighted by molar-refractivity contribution is -0.142. The van der Waals surface area contributed by atoms with Gasteiger partial charge in [-0.2, -0.15) is 18.3 Å². The zero-order valence-electron chi connectivity index (χ0n) is 18.7. The number of hydrogen-bond acceptors (Lipinski definition) is 5. The quantitative estimate of drug-likeness (QED) is 0.563. The number of aromatic nitrogens is 3. The summed E-state index contributed by atoms with van der Waals surface area (Å²) in [7, 11) is 3.21. The average Bonchev–Trinajstić information content (AvgIpc) is 3.13. The van der Waals surface area contributed by atoms with Crippen LogP contribution >= 0.6 is 0 Å². The highest BCUT2D eigenvalue weighted by Crippen LogP contribution is 2.35. The average molecular weight is 448 g/mol. The van der Waals surface area contributed by atoms with Crippen molar-refractivity contribution in [1.29, 1.82) is 0 Å². The van der Waals surface area contributed by atoms with E-state index in [4.69, 9.17) is 9.47 Å². The summed E-state index contributed by atoms with van der Waals surface area (Å²) in [5.41, 5.74) is 2.62. The van der Waals surface area contributed by atoms with Gasteiger partial charge in [0.1, 0.15) is 5.69 Å². The minimum absolute atomic E-state index is 0.0782. The topological polar surface area (TPSA) is 51.9 Å². The van der Waals surface area contributed by atoms with E-state index in [1.807, 2.05) is 19.1 Å². The molecule has 0 saturated carbocycles. The Morgan fingerprint density at radius 1 is 1.06 bits per heavy atom. The second-order valence-electron chi connectivity index (χ2n) is 8.33. The summed E-state index contributed by atoms with van der Waals surface area (Å²) in [6.07, 6.45) is -2.81. The Bertz CT molecular complexity index is 1130. The largest absolute Gasteiger partial charge is 0.493 e. The number of rotatable bonds is 5. The number of ether oxygens (including phenoxy) is 2. The molecule has 1 aliphatic rings. The van der Waals surface area contributed by atoms with Crippen LogP contribution in [0.15, 0.2) is 24.3 Å². The van der Waals surface area contributed by atoms with Crippen molar-refractivity contribution in [3.05, 3.63) is 52.5 Å². The number of benzene rings is 1. The molecular weight excluding hydrogens is 421 g/mol. The van der Waals surface area contributed by atoms with Gasteiger partial charge in [0.05, 0.1) is 19.9 Å². The highest BCUT2D eigenvalue weighted by atomic mass is 19.4. The Kier molecular flexibility index (Phi) is 6.03. The van der Waals surface area contributed by atoms with Crippen molar-refractivity contribution in [2.24, 2.45) is 0 Å². The summed E-state index contributed by atoms with van der Waals surface area (Å²) >= 11 is 0. The summed E-state index contributed by atoms with van der Waals surface area (Å²) in [5, 5.41) is 3.98. The number of likely N-dealkylation sites (tertiary alicyclic amines) is 1. The second-order valence-corrected chi connectivity index (χ2v) is 8.33. The third kappa shape index (κ3) is 4.39. The first-order valence-corrected chi connectivity index (χ1v) is 10.6. The maximum Gasteiger partial charge on any atom is 0.433 e. The van der Waals surface area contributed by atoms with E-state index in [0.717, 1.165) is 41.1 Å². The number of nitrogens with zero attached hydrogens (tertiary/aromatic N) is 4. The maximum atomic E-state index is 13.7. The third-order valence-electron chi connectivity index (χ3n) is 6.02. The molecule has 172 valence electrons. The number of fused-ring (bicyclic) bond motifs is 1. The predicted octanol–water partition coefficient (Wildman–Crippen LogP) is 4.76. The van der Waals surface area contributed by atoms with Crippen LogP contribution in [-0.2, 0) is 12.7 Å². The number of halogens is 3. The van der Waals surface area contributed by atoms with Gasteiger partial charge in [-0.05, 0) is 62.6 Å². The molecule has 4 rings (SSSR count). The van der Waals surface area contributed by atoms with Crippen LogP contribution in [0.2, 0.25) is 0 Å². The molecule has 1 fully saturated rings. The molecule has 0 bridgehead atoms. The Hall–Kier alpha value is -2.81. The fourth-order valence-electron chi connectivity index (χ4n) is 4.39. The summed E-state index contributed by atoms with van der Waals surface area (Å²) in [4.78, 5) is 6.81. The first-order chi connectivity index (χ1) is 15.2. The summed E-state index contributed by atoms with van der Waals surface area (Å²) in [5.74, 6) is 1.27. The number of methoxy groups -OCH3 is 2. The monoisotopic (exact) mass is 448 g/mol. The molecule has 1 atom stereocenters. The van der Waals surface area contributed by atoms with E-state index < -0.39 is 11.9 Å². The number of hydrogen-bond donors (Lipinski definition) is 0. The highest BCUT2D eigenvalue weighted by molar-refractivity contribution is 5.47. The van der Waals surface area contributed by atoms with Crippen LogP contribution in [-0.4, -0.2) is 46.8 Å². The van der Waals surface area contributed by atoms with E-state index in [1.54, 1.807) is 27.2 Å². The number of piperidine rings is 1. The molecule has 2 aromatic heterocycles. The molecule has 0 amide bonds. The smallest absolute Gasteiger partial charge is 0.433 e. The van der Waals surface area contributed by atoms with Gasteiger partial charge in [-0.1, -0.05) is 0 Å². The van der Waals surface area contributed by atoms with E-state index in [2.05, 4.69) is 15.0 Å². The number of alkyl halides is 3. The Labute approximate surface area is 185 Å². The van der Waals surface area contributed by atoms with E-state index in [1.165, 1.54) is 0 Å². The minimum Gasteiger partial charge on any atom is -0.493 e. The maximum absolute atomic E-state index is 13.7. The molecular formula is C23H27F3N4O2. The van der Waals surface area contributed by atoms with Crippen molar-refractivity contribution in [1.82, 2.24) is 19.5 Å². The molecule has 9 heteroatoms. The van der Waals surface area contributed by atoms with Crippen LogP contribution in [0, 0.1) is 13.8 Å². The van der Waals surface area contributed by atoms with Gasteiger partial charge >= 0.3 is 6.18 Å². The van der Waals surface area contributed by atoms with Crippen LogP contribution in [0.1, 0.15) is 47.0 Å². The lowest BCUT2D eigenvalue weighted by Crippen LogP contribution is -2.34. The van der Waals surface area contributed by atoms with Crippen molar-refractivity contribution >= 4 is 5.65 Å². The van der Waals surface area contributed by atoms with Crippen LogP contribution < -0.4 is 9.47 Å². The van der Waals surface area contributed by atoms with Crippen molar-refractivity contribution in [2.75, 3.05) is 27.3 Å². The minimum atomic E-state index is -4.50. The molecule has 32 heavy (non-hydrogen) atoms. The van der Waals surface area contributed by atoms with Gasteiger partial charge in [0.25, 0.3) is 0 Å². The predicted molar refractivity (Wildman–Crippen MR) is 114 cm³/mol. The summed E-state index contributed by atoms with van der Waals surface area (Å²) in [6.45, 7) is 5.89. The lowest BCUT2D eigenvalue weighted by Gasteiger charge is -2.33. The van der Waals surface area contributed by atoms with Crippen molar-refractivity contribution in [3.63, 3.8) is 0 Å². The van der Waals surface area contributed by atoms with Gasteiger partial charge in [-0.3, -0.25) is 4.90 Å². The molecule has 1 aliphatic heterocycles. The molecule has 1 aromatic carbocycles. The zero-order chi connectivity index (χ0) is 23.0. The van der Waals surface area contributed by atoms with Gasteiger partial charge in [0.15, 0.2) is 17.1 Å². The first-order valence-electron chi connectivity index (χ1n) is 10.6. The van der Waals surface area contributed by atoms with Gasteiger partial charge in [-0.25, -0.2) is 9.50 Å². The third-order valence-corrected chi connectivity index (χ3v) is 6.02. The van der Waals surface area contributed by atoms with Gasteiger partial charge in [0.2, 0.25) is 0 Å².